The molecule has 4 amide bonds. The summed E-state index contributed by atoms with van der Waals surface area (Å²) in [6.07, 6.45) is 1.47. The van der Waals surface area contributed by atoms with Gasteiger partial charge in [0, 0.05) is 42.0 Å². The zero-order chi connectivity index (χ0) is 22.1. The van der Waals surface area contributed by atoms with Crippen molar-refractivity contribution < 1.29 is 19.2 Å². The van der Waals surface area contributed by atoms with Crippen LogP contribution in [0.3, 0.4) is 0 Å². The van der Waals surface area contributed by atoms with E-state index in [-0.39, 0.29) is 37.0 Å². The molecule has 0 aliphatic heterocycles. The van der Waals surface area contributed by atoms with E-state index in [2.05, 4.69) is 15.6 Å². The predicted octanol–water partition coefficient (Wildman–Crippen LogP) is 1.44. The molecule has 2 aromatic rings. The van der Waals surface area contributed by atoms with E-state index in [1.807, 2.05) is 0 Å². The normalized spacial score (nSPS) is 10.2. The Hall–Kier alpha value is -3.46. The Morgan fingerprint density at radius 2 is 1.83 bits per heavy atom. The zero-order valence-corrected chi connectivity index (χ0v) is 17.1. The molecule has 4 N–H and O–H groups in total. The van der Waals surface area contributed by atoms with Crippen LogP contribution in [-0.2, 0) is 9.59 Å². The van der Waals surface area contributed by atoms with Crippen LogP contribution in [0.5, 0.6) is 0 Å². The third-order valence-corrected chi connectivity index (χ3v) is 4.39. The smallest absolute Gasteiger partial charge is 0.270 e. The van der Waals surface area contributed by atoms with Gasteiger partial charge in [0.2, 0.25) is 17.7 Å². The summed E-state index contributed by atoms with van der Waals surface area (Å²) in [4.78, 5) is 52.9. The zero-order valence-electron chi connectivity index (χ0n) is 16.4. The number of carbonyl (C=O) groups is 4. The quantitative estimate of drug-likeness (QED) is 0.552. The number of halogens is 1. The van der Waals surface area contributed by atoms with E-state index in [1.54, 1.807) is 25.1 Å². The largest absolute Gasteiger partial charge is 0.366 e. The summed E-state index contributed by atoms with van der Waals surface area (Å²) < 4.78 is 0. The molecule has 0 bridgehead atoms. The summed E-state index contributed by atoms with van der Waals surface area (Å²) in [5, 5.41) is 5.54. The Morgan fingerprint density at radius 1 is 1.13 bits per heavy atom. The van der Waals surface area contributed by atoms with E-state index in [4.69, 9.17) is 17.3 Å². The Balaban J connectivity index is 1.80. The second-order valence-corrected chi connectivity index (χ2v) is 6.69. The number of nitrogens with one attached hydrogen (secondary N) is 2. The van der Waals surface area contributed by atoms with Crippen molar-refractivity contribution in [2.75, 3.05) is 25.0 Å². The molecule has 1 aromatic heterocycles. The fourth-order valence-corrected chi connectivity index (χ4v) is 2.68. The van der Waals surface area contributed by atoms with Crippen molar-refractivity contribution in [1.29, 1.82) is 0 Å². The number of hydrogen-bond donors (Lipinski definition) is 3. The summed E-state index contributed by atoms with van der Waals surface area (Å²) in [6.45, 7) is 2.12. The number of carbonyl (C=O) groups excluding carboxylic acids is 4. The van der Waals surface area contributed by atoms with Gasteiger partial charge < -0.3 is 21.3 Å². The van der Waals surface area contributed by atoms with Crippen LogP contribution in [0.1, 0.15) is 34.2 Å². The maximum absolute atomic E-state index is 12.3. The fourth-order valence-electron chi connectivity index (χ4n) is 2.52. The van der Waals surface area contributed by atoms with E-state index in [1.165, 1.54) is 29.3 Å². The van der Waals surface area contributed by atoms with E-state index in [0.29, 0.717) is 22.8 Å². The van der Waals surface area contributed by atoms with Crippen molar-refractivity contribution in [3.05, 3.63) is 58.9 Å². The minimum Gasteiger partial charge on any atom is -0.366 e. The number of nitrogens with zero attached hydrogens (tertiary/aromatic N) is 2. The van der Waals surface area contributed by atoms with Gasteiger partial charge in [0.15, 0.2) is 0 Å². The second kappa shape index (κ2) is 10.9. The summed E-state index contributed by atoms with van der Waals surface area (Å²) >= 11 is 5.82. The molecule has 0 unspecified atom stereocenters. The standard InChI is InChI=1S/C20H22ClN5O4/c1-2-26(18(28)12-24-20(30)16-11-14(21)7-9-23-16)10-8-17(27)25-15-5-3-13(4-6-15)19(22)29/h3-7,9,11H,2,8,10,12H2,1H3,(H2,22,29)(H,24,30)(H,25,27). The van der Waals surface area contributed by atoms with Crippen LogP contribution in [0.15, 0.2) is 42.6 Å². The molecule has 1 aromatic carbocycles. The first-order chi connectivity index (χ1) is 14.3. The number of likely N-dealkylation sites (N-methyl/N-ethyl adjacent to an activating group) is 1. The lowest BCUT2D eigenvalue weighted by molar-refractivity contribution is -0.130. The Morgan fingerprint density at radius 3 is 2.43 bits per heavy atom. The minimum atomic E-state index is -0.553. The van der Waals surface area contributed by atoms with E-state index >= 15 is 0 Å². The highest BCUT2D eigenvalue weighted by atomic mass is 35.5. The average molecular weight is 432 g/mol. The lowest BCUT2D eigenvalue weighted by atomic mass is 10.2. The number of aromatic nitrogens is 1. The number of anilines is 1. The number of pyridine rings is 1. The minimum absolute atomic E-state index is 0.0704. The summed E-state index contributed by atoms with van der Waals surface area (Å²) in [6, 6.07) is 9.10. The maximum atomic E-state index is 12.3. The first-order valence-electron chi connectivity index (χ1n) is 9.17. The second-order valence-electron chi connectivity index (χ2n) is 6.26. The van der Waals surface area contributed by atoms with Gasteiger partial charge in [0.1, 0.15) is 5.69 Å². The SMILES string of the molecule is CCN(CCC(=O)Nc1ccc(C(N)=O)cc1)C(=O)CNC(=O)c1cc(Cl)ccn1. The van der Waals surface area contributed by atoms with Crippen LogP contribution >= 0.6 is 11.6 Å². The molecule has 2 rings (SSSR count). The maximum Gasteiger partial charge on any atom is 0.270 e. The van der Waals surface area contributed by atoms with Gasteiger partial charge in [-0.2, -0.15) is 0 Å². The topological polar surface area (TPSA) is 134 Å². The Kier molecular flexibility index (Phi) is 8.30. The lowest BCUT2D eigenvalue weighted by Crippen LogP contribution is -2.41. The lowest BCUT2D eigenvalue weighted by Gasteiger charge is -2.21. The summed E-state index contributed by atoms with van der Waals surface area (Å²) in [5.74, 6) is -1.69. The number of rotatable bonds is 9. The Labute approximate surface area is 178 Å². The highest BCUT2D eigenvalue weighted by molar-refractivity contribution is 6.30. The van der Waals surface area contributed by atoms with E-state index < -0.39 is 11.8 Å². The average Bonchev–Trinajstić information content (AvgIpc) is 2.72. The summed E-state index contributed by atoms with van der Waals surface area (Å²) in [7, 11) is 0. The van der Waals surface area contributed by atoms with E-state index in [0.717, 1.165) is 0 Å². The van der Waals surface area contributed by atoms with Crippen LogP contribution < -0.4 is 16.4 Å². The van der Waals surface area contributed by atoms with Crippen LogP contribution in [0.4, 0.5) is 5.69 Å². The molecule has 30 heavy (non-hydrogen) atoms. The monoisotopic (exact) mass is 431 g/mol. The number of benzene rings is 1. The fraction of sp³-hybridized carbons (Fsp3) is 0.250. The van der Waals surface area contributed by atoms with Crippen LogP contribution in [0, 0.1) is 0 Å². The van der Waals surface area contributed by atoms with E-state index in [9.17, 15) is 19.2 Å². The predicted molar refractivity (Wildman–Crippen MR) is 112 cm³/mol. The van der Waals surface area contributed by atoms with Crippen LogP contribution in [0.25, 0.3) is 0 Å². The van der Waals surface area contributed by atoms with Crippen molar-refractivity contribution in [3.63, 3.8) is 0 Å². The number of hydrogen-bond acceptors (Lipinski definition) is 5. The molecular weight excluding hydrogens is 410 g/mol. The summed E-state index contributed by atoms with van der Waals surface area (Å²) in [5.41, 5.74) is 6.14. The van der Waals surface area contributed by atoms with Crippen molar-refractivity contribution >= 4 is 40.9 Å². The van der Waals surface area contributed by atoms with Gasteiger partial charge in [-0.3, -0.25) is 24.2 Å². The van der Waals surface area contributed by atoms with Crippen molar-refractivity contribution in [2.45, 2.75) is 13.3 Å². The van der Waals surface area contributed by atoms with Gasteiger partial charge in [-0.1, -0.05) is 11.6 Å². The van der Waals surface area contributed by atoms with Crippen LogP contribution in [-0.4, -0.2) is 53.1 Å². The molecule has 0 saturated heterocycles. The third kappa shape index (κ3) is 6.85. The molecule has 0 saturated carbocycles. The molecular formula is C20H22ClN5O4. The van der Waals surface area contributed by atoms with Gasteiger partial charge in [-0.15, -0.1) is 0 Å². The highest BCUT2D eigenvalue weighted by Gasteiger charge is 2.16. The van der Waals surface area contributed by atoms with Crippen molar-refractivity contribution in [3.8, 4) is 0 Å². The van der Waals surface area contributed by atoms with Gasteiger partial charge in [-0.05, 0) is 43.3 Å². The molecule has 0 atom stereocenters. The van der Waals surface area contributed by atoms with Gasteiger partial charge in [0.05, 0.1) is 6.54 Å². The molecule has 158 valence electrons. The van der Waals surface area contributed by atoms with Crippen molar-refractivity contribution in [2.24, 2.45) is 5.73 Å². The first-order valence-corrected chi connectivity index (χ1v) is 9.55. The third-order valence-electron chi connectivity index (χ3n) is 4.15. The highest BCUT2D eigenvalue weighted by Crippen LogP contribution is 2.10. The molecule has 9 nitrogen and oxygen atoms in total. The van der Waals surface area contributed by atoms with Crippen LogP contribution in [0.2, 0.25) is 5.02 Å². The molecule has 1 heterocycles. The Bertz CT molecular complexity index is 933. The van der Waals surface area contributed by atoms with Gasteiger partial charge >= 0.3 is 0 Å². The molecule has 0 fully saturated rings. The molecule has 0 aliphatic carbocycles. The first kappa shape index (κ1) is 22.8. The number of nitrogens with two attached hydrogens (primary N) is 1. The number of primary amides is 1. The van der Waals surface area contributed by atoms with Crippen molar-refractivity contribution in [1.82, 2.24) is 15.2 Å². The van der Waals surface area contributed by atoms with Gasteiger partial charge in [-0.25, -0.2) is 0 Å². The molecule has 0 radical (unpaired) electrons. The molecule has 0 aliphatic rings. The molecule has 10 heteroatoms. The number of amides is 4. The van der Waals surface area contributed by atoms with Gasteiger partial charge in [0.25, 0.3) is 5.91 Å². The molecule has 0 spiro atoms.